The van der Waals surface area contributed by atoms with Crippen LogP contribution in [-0.4, -0.2) is 32.2 Å². The standard InChI is InChI=1S/C15H24ClN3O2/c1-4-19(5-2)13-8-7-12(17)11(15(13)16)9-18-10-14(20)21-6-3/h7-8,18H,4-6,9-10,17H2,1-3H3. The molecule has 0 radical (unpaired) electrons. The van der Waals surface area contributed by atoms with Crippen LogP contribution in [0.25, 0.3) is 0 Å². The number of anilines is 2. The van der Waals surface area contributed by atoms with E-state index in [1.54, 1.807) is 6.92 Å². The van der Waals surface area contributed by atoms with E-state index in [4.69, 9.17) is 22.1 Å². The lowest BCUT2D eigenvalue weighted by Gasteiger charge is -2.24. The van der Waals surface area contributed by atoms with Gasteiger partial charge in [0.1, 0.15) is 0 Å². The Morgan fingerprint density at radius 1 is 1.33 bits per heavy atom. The quantitative estimate of drug-likeness (QED) is 0.570. The molecule has 0 amide bonds. The monoisotopic (exact) mass is 313 g/mol. The Hall–Kier alpha value is -1.46. The van der Waals surface area contributed by atoms with Gasteiger partial charge in [-0.3, -0.25) is 4.79 Å². The molecule has 0 heterocycles. The molecule has 0 saturated heterocycles. The molecule has 0 aliphatic rings. The molecule has 5 nitrogen and oxygen atoms in total. The second-order valence-electron chi connectivity index (χ2n) is 4.55. The van der Waals surface area contributed by atoms with Gasteiger partial charge in [0.05, 0.1) is 23.9 Å². The van der Waals surface area contributed by atoms with Crippen LogP contribution in [0.4, 0.5) is 11.4 Å². The van der Waals surface area contributed by atoms with Gasteiger partial charge in [-0.05, 0) is 32.9 Å². The van der Waals surface area contributed by atoms with Crippen LogP contribution < -0.4 is 16.0 Å². The molecule has 0 spiro atoms. The van der Waals surface area contributed by atoms with E-state index in [0.29, 0.717) is 23.9 Å². The highest BCUT2D eigenvalue weighted by molar-refractivity contribution is 6.34. The number of halogens is 1. The smallest absolute Gasteiger partial charge is 0.319 e. The fourth-order valence-electron chi connectivity index (χ4n) is 2.11. The Labute approximate surface area is 131 Å². The molecule has 0 unspecified atom stereocenters. The molecule has 0 aliphatic heterocycles. The summed E-state index contributed by atoms with van der Waals surface area (Å²) in [7, 11) is 0. The summed E-state index contributed by atoms with van der Waals surface area (Å²) in [5.74, 6) is -0.285. The molecule has 0 atom stereocenters. The Balaban J connectivity index is 2.81. The lowest BCUT2D eigenvalue weighted by Crippen LogP contribution is -2.26. The summed E-state index contributed by atoms with van der Waals surface area (Å²) in [4.78, 5) is 13.5. The predicted octanol–water partition coefficient (Wildman–Crippen LogP) is 2.42. The summed E-state index contributed by atoms with van der Waals surface area (Å²) in [5.41, 5.74) is 8.38. The van der Waals surface area contributed by atoms with Crippen LogP contribution in [0.5, 0.6) is 0 Å². The highest BCUT2D eigenvalue weighted by Crippen LogP contribution is 2.32. The Bertz CT molecular complexity index is 476. The van der Waals surface area contributed by atoms with Crippen molar-refractivity contribution in [3.63, 3.8) is 0 Å². The number of benzene rings is 1. The molecule has 0 aromatic heterocycles. The first-order valence-electron chi connectivity index (χ1n) is 7.23. The first-order valence-corrected chi connectivity index (χ1v) is 7.60. The second-order valence-corrected chi connectivity index (χ2v) is 4.93. The minimum absolute atomic E-state index is 0.138. The molecule has 6 heteroatoms. The van der Waals surface area contributed by atoms with Crippen LogP contribution in [0.2, 0.25) is 5.02 Å². The molecule has 0 bridgehead atoms. The van der Waals surface area contributed by atoms with Gasteiger partial charge < -0.3 is 20.7 Å². The van der Waals surface area contributed by atoms with E-state index >= 15 is 0 Å². The number of carbonyl (C=O) groups is 1. The van der Waals surface area contributed by atoms with E-state index in [9.17, 15) is 4.79 Å². The zero-order valence-electron chi connectivity index (χ0n) is 12.9. The van der Waals surface area contributed by atoms with Gasteiger partial charge in [0.2, 0.25) is 0 Å². The first-order chi connectivity index (χ1) is 10.0. The average Bonchev–Trinajstić information content (AvgIpc) is 2.46. The maximum absolute atomic E-state index is 11.3. The first kappa shape index (κ1) is 17.6. The van der Waals surface area contributed by atoms with E-state index in [0.717, 1.165) is 24.3 Å². The molecule has 1 aromatic rings. The fourth-order valence-corrected chi connectivity index (χ4v) is 2.47. The third-order valence-electron chi connectivity index (χ3n) is 3.24. The maximum Gasteiger partial charge on any atom is 0.319 e. The predicted molar refractivity (Wildman–Crippen MR) is 87.8 cm³/mol. The molecule has 0 fully saturated rings. The molecule has 0 aliphatic carbocycles. The van der Waals surface area contributed by atoms with Crippen molar-refractivity contribution in [2.75, 3.05) is 36.9 Å². The lowest BCUT2D eigenvalue weighted by atomic mass is 10.1. The zero-order valence-corrected chi connectivity index (χ0v) is 13.7. The number of rotatable bonds is 8. The number of nitrogens with zero attached hydrogens (tertiary/aromatic N) is 1. The van der Waals surface area contributed by atoms with Crippen LogP contribution in [-0.2, 0) is 16.1 Å². The van der Waals surface area contributed by atoms with Crippen molar-refractivity contribution in [1.29, 1.82) is 0 Å². The van der Waals surface area contributed by atoms with E-state index < -0.39 is 0 Å². The summed E-state index contributed by atoms with van der Waals surface area (Å²) in [6.07, 6.45) is 0. The minimum Gasteiger partial charge on any atom is -0.465 e. The van der Waals surface area contributed by atoms with Crippen molar-refractivity contribution in [2.24, 2.45) is 0 Å². The van der Waals surface area contributed by atoms with Crippen LogP contribution in [0.15, 0.2) is 12.1 Å². The van der Waals surface area contributed by atoms with Crippen molar-refractivity contribution in [3.8, 4) is 0 Å². The van der Waals surface area contributed by atoms with Gasteiger partial charge in [0, 0.05) is 30.9 Å². The molecule has 21 heavy (non-hydrogen) atoms. The van der Waals surface area contributed by atoms with Gasteiger partial charge in [-0.2, -0.15) is 0 Å². The fraction of sp³-hybridized carbons (Fsp3) is 0.533. The van der Waals surface area contributed by atoms with Crippen molar-refractivity contribution in [2.45, 2.75) is 27.3 Å². The van der Waals surface area contributed by atoms with Gasteiger partial charge in [-0.1, -0.05) is 11.6 Å². The van der Waals surface area contributed by atoms with Crippen molar-refractivity contribution in [1.82, 2.24) is 5.32 Å². The number of nitrogen functional groups attached to an aromatic ring is 1. The Morgan fingerprint density at radius 2 is 2.00 bits per heavy atom. The maximum atomic E-state index is 11.3. The summed E-state index contributed by atoms with van der Waals surface area (Å²) >= 11 is 6.46. The molecule has 3 N–H and O–H groups in total. The number of ether oxygens (including phenoxy) is 1. The summed E-state index contributed by atoms with van der Waals surface area (Å²) in [6, 6.07) is 3.78. The number of nitrogens with one attached hydrogen (secondary N) is 1. The summed E-state index contributed by atoms with van der Waals surface area (Å²) < 4.78 is 4.86. The average molecular weight is 314 g/mol. The van der Waals surface area contributed by atoms with Gasteiger partial charge in [-0.25, -0.2) is 0 Å². The van der Waals surface area contributed by atoms with Crippen molar-refractivity contribution >= 4 is 28.9 Å². The third kappa shape index (κ3) is 4.79. The molecular formula is C15H24ClN3O2. The van der Waals surface area contributed by atoms with Crippen molar-refractivity contribution in [3.05, 3.63) is 22.7 Å². The summed E-state index contributed by atoms with van der Waals surface area (Å²) in [5, 5.41) is 3.65. The number of hydrogen-bond acceptors (Lipinski definition) is 5. The summed E-state index contributed by atoms with van der Waals surface area (Å²) in [6.45, 7) is 8.62. The van der Waals surface area contributed by atoms with Gasteiger partial charge >= 0.3 is 5.97 Å². The van der Waals surface area contributed by atoms with E-state index in [1.165, 1.54) is 0 Å². The molecule has 1 aromatic carbocycles. The van der Waals surface area contributed by atoms with Crippen LogP contribution in [0.3, 0.4) is 0 Å². The highest BCUT2D eigenvalue weighted by Gasteiger charge is 2.14. The second kappa shape index (κ2) is 8.74. The SMILES string of the molecule is CCOC(=O)CNCc1c(N)ccc(N(CC)CC)c1Cl. The van der Waals surface area contributed by atoms with Gasteiger partial charge in [0.25, 0.3) is 0 Å². The Morgan fingerprint density at radius 3 is 2.57 bits per heavy atom. The number of esters is 1. The van der Waals surface area contributed by atoms with E-state index in [2.05, 4.69) is 24.1 Å². The molecule has 1 rings (SSSR count). The van der Waals surface area contributed by atoms with Crippen molar-refractivity contribution < 1.29 is 9.53 Å². The minimum atomic E-state index is -0.285. The highest BCUT2D eigenvalue weighted by atomic mass is 35.5. The molecular weight excluding hydrogens is 290 g/mol. The molecule has 118 valence electrons. The Kier molecular flexibility index (Phi) is 7.32. The number of hydrogen-bond donors (Lipinski definition) is 2. The van der Waals surface area contributed by atoms with E-state index in [-0.39, 0.29) is 12.5 Å². The third-order valence-corrected chi connectivity index (χ3v) is 3.66. The van der Waals surface area contributed by atoms with Crippen LogP contribution in [0, 0.1) is 0 Å². The number of carbonyl (C=O) groups excluding carboxylic acids is 1. The largest absolute Gasteiger partial charge is 0.465 e. The van der Waals surface area contributed by atoms with E-state index in [1.807, 2.05) is 12.1 Å². The van der Waals surface area contributed by atoms with Gasteiger partial charge in [-0.15, -0.1) is 0 Å². The lowest BCUT2D eigenvalue weighted by molar-refractivity contribution is -0.142. The van der Waals surface area contributed by atoms with Crippen LogP contribution in [0.1, 0.15) is 26.3 Å². The molecule has 0 saturated carbocycles. The zero-order chi connectivity index (χ0) is 15.8. The van der Waals surface area contributed by atoms with Crippen LogP contribution >= 0.6 is 11.6 Å². The van der Waals surface area contributed by atoms with Gasteiger partial charge in [0.15, 0.2) is 0 Å². The topological polar surface area (TPSA) is 67.6 Å². The number of nitrogens with two attached hydrogens (primary N) is 1. The normalized spacial score (nSPS) is 10.5.